The van der Waals surface area contributed by atoms with E-state index in [4.69, 9.17) is 5.73 Å². The minimum absolute atomic E-state index is 0.477. The summed E-state index contributed by atoms with van der Waals surface area (Å²) in [5, 5.41) is 0. The Labute approximate surface area is 89.8 Å². The van der Waals surface area contributed by atoms with Crippen LogP contribution in [0, 0.1) is 0 Å². The van der Waals surface area contributed by atoms with E-state index in [1.807, 2.05) is 24.1 Å². The van der Waals surface area contributed by atoms with Crippen molar-refractivity contribution in [3.8, 4) is 0 Å². The summed E-state index contributed by atoms with van der Waals surface area (Å²) in [7, 11) is 1.96. The second kappa shape index (κ2) is 4.29. The first-order chi connectivity index (χ1) is 7.25. The number of guanidine groups is 1. The summed E-state index contributed by atoms with van der Waals surface area (Å²) in [6, 6.07) is 4.45. The van der Waals surface area contributed by atoms with Gasteiger partial charge in [-0.15, -0.1) is 0 Å². The highest BCUT2D eigenvalue weighted by molar-refractivity contribution is 5.78. The van der Waals surface area contributed by atoms with E-state index in [1.54, 1.807) is 12.4 Å². The normalized spacial score (nSPS) is 16.5. The van der Waals surface area contributed by atoms with Gasteiger partial charge in [-0.1, -0.05) is 0 Å². The molecule has 1 aromatic heterocycles. The average Bonchev–Trinajstić information content (AvgIpc) is 3.03. The fourth-order valence-corrected chi connectivity index (χ4v) is 1.33. The molecule has 1 heterocycles. The highest BCUT2D eigenvalue weighted by Gasteiger charge is 2.21. The molecule has 1 aliphatic carbocycles. The second-order valence-corrected chi connectivity index (χ2v) is 3.93. The molecule has 0 bridgehead atoms. The number of hydrogen-bond donors (Lipinski definition) is 1. The summed E-state index contributed by atoms with van der Waals surface area (Å²) in [5.74, 6) is 0.634. The fourth-order valence-electron chi connectivity index (χ4n) is 1.33. The van der Waals surface area contributed by atoms with Gasteiger partial charge in [-0.3, -0.25) is 4.98 Å². The van der Waals surface area contributed by atoms with Crippen LogP contribution in [0.5, 0.6) is 0 Å². The largest absolute Gasteiger partial charge is 0.370 e. The number of nitrogens with two attached hydrogens (primary N) is 1. The Balaban J connectivity index is 1.94. The van der Waals surface area contributed by atoms with Crippen molar-refractivity contribution in [2.75, 3.05) is 7.05 Å². The van der Waals surface area contributed by atoms with Gasteiger partial charge in [0.25, 0.3) is 0 Å². The van der Waals surface area contributed by atoms with E-state index in [0.29, 0.717) is 12.0 Å². The van der Waals surface area contributed by atoms with E-state index >= 15 is 0 Å². The summed E-state index contributed by atoms with van der Waals surface area (Å²) in [6.45, 7) is 0.782. The van der Waals surface area contributed by atoms with Gasteiger partial charge in [0, 0.05) is 26.0 Å². The average molecular weight is 204 g/mol. The number of nitrogens with zero attached hydrogens (tertiary/aromatic N) is 3. The van der Waals surface area contributed by atoms with Gasteiger partial charge in [0.2, 0.25) is 0 Å². The van der Waals surface area contributed by atoms with E-state index < -0.39 is 0 Å². The highest BCUT2D eigenvalue weighted by Crippen LogP contribution is 2.23. The smallest absolute Gasteiger partial charge is 0.191 e. The quantitative estimate of drug-likeness (QED) is 0.590. The van der Waals surface area contributed by atoms with Crippen LogP contribution in [0.4, 0.5) is 0 Å². The van der Waals surface area contributed by atoms with Crippen LogP contribution in [-0.2, 0) is 6.54 Å². The lowest BCUT2D eigenvalue weighted by atomic mass is 10.2. The van der Waals surface area contributed by atoms with Gasteiger partial charge < -0.3 is 10.6 Å². The van der Waals surface area contributed by atoms with Gasteiger partial charge in [0.05, 0.1) is 6.04 Å². The highest BCUT2D eigenvalue weighted by atomic mass is 15.2. The molecule has 2 rings (SSSR count). The number of pyridine rings is 1. The molecule has 0 radical (unpaired) electrons. The molecule has 0 amide bonds. The van der Waals surface area contributed by atoms with Crippen LogP contribution in [0.25, 0.3) is 0 Å². The van der Waals surface area contributed by atoms with Crippen molar-refractivity contribution in [2.24, 2.45) is 10.7 Å². The van der Waals surface area contributed by atoms with Gasteiger partial charge in [0.1, 0.15) is 0 Å². The van der Waals surface area contributed by atoms with Crippen LogP contribution in [0.2, 0.25) is 0 Å². The van der Waals surface area contributed by atoms with Crippen molar-refractivity contribution < 1.29 is 0 Å². The molecule has 0 aromatic carbocycles. The minimum atomic E-state index is 0.477. The molecule has 0 aliphatic heterocycles. The van der Waals surface area contributed by atoms with E-state index in [1.165, 1.54) is 18.4 Å². The SMILES string of the molecule is CN(Cc1ccncc1)C(N)=NC1CC1. The number of aliphatic imine (C=N–C) groups is 1. The van der Waals surface area contributed by atoms with Gasteiger partial charge in [-0.25, -0.2) is 4.99 Å². The Hall–Kier alpha value is -1.58. The first kappa shape index (κ1) is 9.96. The molecule has 80 valence electrons. The van der Waals surface area contributed by atoms with Crippen molar-refractivity contribution in [1.29, 1.82) is 0 Å². The molecule has 1 aromatic rings. The van der Waals surface area contributed by atoms with Crippen molar-refractivity contribution in [3.05, 3.63) is 30.1 Å². The first-order valence-electron chi connectivity index (χ1n) is 5.19. The Morgan fingerprint density at radius 1 is 1.53 bits per heavy atom. The van der Waals surface area contributed by atoms with Crippen molar-refractivity contribution in [2.45, 2.75) is 25.4 Å². The fraction of sp³-hybridized carbons (Fsp3) is 0.455. The maximum absolute atomic E-state index is 5.87. The number of aromatic nitrogens is 1. The molecule has 0 saturated heterocycles. The monoisotopic (exact) mass is 204 g/mol. The van der Waals surface area contributed by atoms with Crippen molar-refractivity contribution >= 4 is 5.96 Å². The minimum Gasteiger partial charge on any atom is -0.370 e. The lowest BCUT2D eigenvalue weighted by molar-refractivity contribution is 0.491. The number of hydrogen-bond acceptors (Lipinski definition) is 2. The maximum atomic E-state index is 5.87. The summed E-state index contributed by atoms with van der Waals surface area (Å²) in [6.07, 6.45) is 5.95. The molecule has 0 unspecified atom stereocenters. The molecule has 2 N–H and O–H groups in total. The van der Waals surface area contributed by atoms with E-state index in [0.717, 1.165) is 6.54 Å². The predicted molar refractivity (Wildman–Crippen MR) is 60.3 cm³/mol. The van der Waals surface area contributed by atoms with Crippen molar-refractivity contribution in [3.63, 3.8) is 0 Å². The molecule has 1 aliphatic rings. The molecule has 4 nitrogen and oxygen atoms in total. The van der Waals surface area contributed by atoms with E-state index in [2.05, 4.69) is 9.98 Å². The van der Waals surface area contributed by atoms with Crippen LogP contribution in [0.3, 0.4) is 0 Å². The topological polar surface area (TPSA) is 54.5 Å². The van der Waals surface area contributed by atoms with Gasteiger partial charge >= 0.3 is 0 Å². The molecular weight excluding hydrogens is 188 g/mol. The summed E-state index contributed by atoms with van der Waals surface area (Å²) >= 11 is 0. The predicted octanol–water partition coefficient (Wildman–Crippen LogP) is 0.991. The van der Waals surface area contributed by atoms with Crippen LogP contribution in [0.1, 0.15) is 18.4 Å². The van der Waals surface area contributed by atoms with E-state index in [9.17, 15) is 0 Å². The summed E-state index contributed by atoms with van der Waals surface area (Å²) < 4.78 is 0. The zero-order valence-corrected chi connectivity index (χ0v) is 8.93. The van der Waals surface area contributed by atoms with Crippen LogP contribution in [0.15, 0.2) is 29.5 Å². The summed E-state index contributed by atoms with van der Waals surface area (Å²) in [5.41, 5.74) is 7.06. The lowest BCUT2D eigenvalue weighted by Crippen LogP contribution is -2.33. The zero-order valence-electron chi connectivity index (χ0n) is 8.93. The zero-order chi connectivity index (χ0) is 10.7. The van der Waals surface area contributed by atoms with Gasteiger partial charge in [-0.05, 0) is 30.5 Å². The molecule has 0 atom stereocenters. The Morgan fingerprint density at radius 2 is 2.20 bits per heavy atom. The molecule has 0 spiro atoms. The standard InChI is InChI=1S/C11H16N4/c1-15(11(12)14-10-2-3-10)8-9-4-6-13-7-5-9/h4-7,10H,2-3,8H2,1H3,(H2,12,14). The molecule has 15 heavy (non-hydrogen) atoms. The van der Waals surface area contributed by atoms with E-state index in [-0.39, 0.29) is 0 Å². The Morgan fingerprint density at radius 3 is 2.80 bits per heavy atom. The van der Waals surface area contributed by atoms with Crippen LogP contribution >= 0.6 is 0 Å². The molecule has 1 fully saturated rings. The number of rotatable bonds is 3. The van der Waals surface area contributed by atoms with Crippen LogP contribution < -0.4 is 5.73 Å². The van der Waals surface area contributed by atoms with Gasteiger partial charge in [0.15, 0.2) is 5.96 Å². The lowest BCUT2D eigenvalue weighted by Gasteiger charge is -2.17. The Kier molecular flexibility index (Phi) is 2.85. The second-order valence-electron chi connectivity index (χ2n) is 3.93. The molecule has 4 heteroatoms. The van der Waals surface area contributed by atoms with Gasteiger partial charge in [-0.2, -0.15) is 0 Å². The Bertz CT molecular complexity index is 343. The summed E-state index contributed by atoms with van der Waals surface area (Å²) in [4.78, 5) is 10.3. The third kappa shape index (κ3) is 2.94. The molecule has 1 saturated carbocycles. The first-order valence-corrected chi connectivity index (χ1v) is 5.19. The third-order valence-corrected chi connectivity index (χ3v) is 2.42. The third-order valence-electron chi connectivity index (χ3n) is 2.42. The van der Waals surface area contributed by atoms with Crippen molar-refractivity contribution in [1.82, 2.24) is 9.88 Å². The molecular formula is C11H16N4. The maximum Gasteiger partial charge on any atom is 0.191 e. The van der Waals surface area contributed by atoms with Crippen LogP contribution in [-0.4, -0.2) is 28.9 Å².